The van der Waals surface area contributed by atoms with Gasteiger partial charge in [0, 0.05) is 4.47 Å². The summed E-state index contributed by atoms with van der Waals surface area (Å²) in [7, 11) is 0. The predicted octanol–water partition coefficient (Wildman–Crippen LogP) is 4.61. The van der Waals surface area contributed by atoms with Crippen LogP contribution in [0.5, 0.6) is 0 Å². The van der Waals surface area contributed by atoms with E-state index < -0.39 is 0 Å². The third kappa shape index (κ3) is 1.99. The van der Waals surface area contributed by atoms with E-state index in [4.69, 9.17) is 6.57 Å². The van der Waals surface area contributed by atoms with E-state index in [-0.39, 0.29) is 5.41 Å². The van der Waals surface area contributed by atoms with Crippen LogP contribution < -0.4 is 0 Å². The highest BCUT2D eigenvalue weighted by Gasteiger charge is 2.18. The van der Waals surface area contributed by atoms with Crippen LogP contribution >= 0.6 is 15.9 Å². The van der Waals surface area contributed by atoms with Crippen LogP contribution in [-0.4, -0.2) is 0 Å². The van der Waals surface area contributed by atoms with Gasteiger partial charge in [0.15, 0.2) is 0 Å². The quantitative estimate of drug-likeness (QED) is 0.594. The highest BCUT2D eigenvalue weighted by atomic mass is 79.9. The van der Waals surface area contributed by atoms with E-state index >= 15 is 0 Å². The standard InChI is InChI=1S/C12H14BrN/c1-8-9(12(2,3)4)6-7-10(13)11(8)14-5/h6-7H,1-4H3. The molecule has 0 aliphatic rings. The van der Waals surface area contributed by atoms with Crippen LogP contribution in [0.25, 0.3) is 4.85 Å². The maximum Gasteiger partial charge on any atom is 0.204 e. The molecule has 1 rings (SSSR count). The lowest BCUT2D eigenvalue weighted by Crippen LogP contribution is -2.12. The predicted molar refractivity (Wildman–Crippen MR) is 63.8 cm³/mol. The van der Waals surface area contributed by atoms with Gasteiger partial charge >= 0.3 is 0 Å². The Morgan fingerprint density at radius 3 is 2.29 bits per heavy atom. The van der Waals surface area contributed by atoms with Gasteiger partial charge in [0.25, 0.3) is 0 Å². The SMILES string of the molecule is [C-]#[N+]c1c(Br)ccc(C(C)(C)C)c1C. The summed E-state index contributed by atoms with van der Waals surface area (Å²) in [5.41, 5.74) is 3.16. The van der Waals surface area contributed by atoms with Gasteiger partial charge in [-0.15, -0.1) is 0 Å². The van der Waals surface area contributed by atoms with Gasteiger partial charge in [-0.05, 0) is 17.9 Å². The monoisotopic (exact) mass is 251 g/mol. The number of hydrogen-bond donors (Lipinski definition) is 0. The lowest BCUT2D eigenvalue weighted by atomic mass is 9.84. The second-order valence-corrected chi connectivity index (χ2v) is 5.28. The van der Waals surface area contributed by atoms with E-state index in [2.05, 4.69) is 47.6 Å². The maximum absolute atomic E-state index is 7.12. The van der Waals surface area contributed by atoms with Crippen LogP contribution in [0.1, 0.15) is 31.9 Å². The Kier molecular flexibility index (Phi) is 3.01. The summed E-state index contributed by atoms with van der Waals surface area (Å²) in [4.78, 5) is 3.55. The zero-order valence-electron chi connectivity index (χ0n) is 8.98. The van der Waals surface area contributed by atoms with Gasteiger partial charge in [0.1, 0.15) is 0 Å². The summed E-state index contributed by atoms with van der Waals surface area (Å²) in [5.74, 6) is 0. The second kappa shape index (κ2) is 3.74. The summed E-state index contributed by atoms with van der Waals surface area (Å²) < 4.78 is 0.887. The van der Waals surface area contributed by atoms with Crippen molar-refractivity contribution in [3.8, 4) is 0 Å². The normalized spacial score (nSPS) is 11.1. The van der Waals surface area contributed by atoms with Gasteiger partial charge in [0.2, 0.25) is 5.69 Å². The minimum atomic E-state index is 0.101. The van der Waals surface area contributed by atoms with Crippen LogP contribution in [0.2, 0.25) is 0 Å². The molecule has 0 unspecified atom stereocenters. The highest BCUT2D eigenvalue weighted by Crippen LogP contribution is 2.36. The summed E-state index contributed by atoms with van der Waals surface area (Å²) in [6.07, 6.45) is 0. The molecule has 0 radical (unpaired) electrons. The van der Waals surface area contributed by atoms with Gasteiger partial charge in [-0.3, -0.25) is 0 Å². The first-order valence-electron chi connectivity index (χ1n) is 4.55. The van der Waals surface area contributed by atoms with E-state index in [1.165, 1.54) is 5.56 Å². The van der Waals surface area contributed by atoms with Crippen LogP contribution in [0.4, 0.5) is 5.69 Å². The Morgan fingerprint density at radius 2 is 1.86 bits per heavy atom. The molecule has 0 aliphatic heterocycles. The lowest BCUT2D eigenvalue weighted by Gasteiger charge is -2.22. The lowest BCUT2D eigenvalue weighted by molar-refractivity contribution is 0.586. The van der Waals surface area contributed by atoms with Crippen LogP contribution in [0.3, 0.4) is 0 Å². The molecule has 74 valence electrons. The van der Waals surface area contributed by atoms with Crippen molar-refractivity contribution < 1.29 is 0 Å². The molecule has 14 heavy (non-hydrogen) atoms. The Balaban J connectivity index is 3.46. The molecule has 0 saturated heterocycles. The second-order valence-electron chi connectivity index (χ2n) is 4.43. The van der Waals surface area contributed by atoms with E-state index in [1.54, 1.807) is 0 Å². The average molecular weight is 252 g/mol. The fraction of sp³-hybridized carbons (Fsp3) is 0.417. The van der Waals surface area contributed by atoms with E-state index in [0.29, 0.717) is 0 Å². The Morgan fingerprint density at radius 1 is 1.29 bits per heavy atom. The molecule has 0 amide bonds. The van der Waals surface area contributed by atoms with Gasteiger partial charge < -0.3 is 0 Å². The molecule has 0 aromatic heterocycles. The fourth-order valence-corrected chi connectivity index (χ4v) is 2.14. The third-order valence-electron chi connectivity index (χ3n) is 2.30. The number of benzene rings is 1. The number of hydrogen-bond acceptors (Lipinski definition) is 0. The zero-order chi connectivity index (χ0) is 10.9. The third-order valence-corrected chi connectivity index (χ3v) is 2.94. The summed E-state index contributed by atoms with van der Waals surface area (Å²) in [6, 6.07) is 4.05. The van der Waals surface area contributed by atoms with Gasteiger partial charge in [-0.2, -0.15) is 0 Å². The molecule has 0 fully saturated rings. The van der Waals surface area contributed by atoms with Gasteiger partial charge in [0.05, 0.1) is 6.57 Å². The first-order valence-corrected chi connectivity index (χ1v) is 5.34. The summed E-state index contributed by atoms with van der Waals surface area (Å²) in [5, 5.41) is 0. The van der Waals surface area contributed by atoms with E-state index in [9.17, 15) is 0 Å². The van der Waals surface area contributed by atoms with Crippen LogP contribution in [0.15, 0.2) is 16.6 Å². The first kappa shape index (κ1) is 11.3. The molecule has 1 aromatic rings. The van der Waals surface area contributed by atoms with Crippen molar-refractivity contribution in [1.82, 2.24) is 0 Å². The molecule has 0 spiro atoms. The highest BCUT2D eigenvalue weighted by molar-refractivity contribution is 9.10. The molecule has 1 nitrogen and oxygen atoms in total. The van der Waals surface area contributed by atoms with Crippen LogP contribution in [0, 0.1) is 13.5 Å². The Hall–Kier alpha value is -0.810. The largest absolute Gasteiger partial charge is 0.237 e. The summed E-state index contributed by atoms with van der Waals surface area (Å²) in [6.45, 7) is 15.6. The van der Waals surface area contributed by atoms with Crippen LogP contribution in [-0.2, 0) is 5.41 Å². The van der Waals surface area contributed by atoms with Gasteiger partial charge in [-0.25, -0.2) is 4.85 Å². The molecular formula is C12H14BrN. The van der Waals surface area contributed by atoms with Crippen molar-refractivity contribution in [2.75, 3.05) is 0 Å². The van der Waals surface area contributed by atoms with Crippen molar-refractivity contribution >= 4 is 21.6 Å². The molecule has 0 saturated carbocycles. The summed E-state index contributed by atoms with van der Waals surface area (Å²) >= 11 is 3.39. The average Bonchev–Trinajstić information content (AvgIpc) is 2.02. The molecule has 0 bridgehead atoms. The maximum atomic E-state index is 7.12. The van der Waals surface area contributed by atoms with E-state index in [1.807, 2.05) is 13.0 Å². The van der Waals surface area contributed by atoms with Gasteiger partial charge in [-0.1, -0.05) is 54.4 Å². The Labute approximate surface area is 94.1 Å². The van der Waals surface area contributed by atoms with Crippen molar-refractivity contribution in [2.24, 2.45) is 0 Å². The topological polar surface area (TPSA) is 4.36 Å². The molecule has 0 N–H and O–H groups in total. The molecule has 2 heteroatoms. The molecule has 0 atom stereocenters. The Bertz CT molecular complexity index is 394. The van der Waals surface area contributed by atoms with Crippen molar-refractivity contribution in [2.45, 2.75) is 33.1 Å². The number of halogens is 1. The smallest absolute Gasteiger partial charge is 0.204 e. The minimum absolute atomic E-state index is 0.101. The molecule has 0 heterocycles. The fourth-order valence-electron chi connectivity index (χ4n) is 1.62. The van der Waals surface area contributed by atoms with Crippen molar-refractivity contribution in [3.05, 3.63) is 39.1 Å². The van der Waals surface area contributed by atoms with Crippen molar-refractivity contribution in [1.29, 1.82) is 0 Å². The zero-order valence-corrected chi connectivity index (χ0v) is 10.6. The molecule has 0 aliphatic carbocycles. The number of rotatable bonds is 0. The molecular weight excluding hydrogens is 238 g/mol. The molecule has 1 aromatic carbocycles. The van der Waals surface area contributed by atoms with E-state index in [0.717, 1.165) is 15.7 Å². The van der Waals surface area contributed by atoms with Crippen molar-refractivity contribution in [3.63, 3.8) is 0 Å². The first-order chi connectivity index (χ1) is 6.38. The number of nitrogens with zero attached hydrogens (tertiary/aromatic N) is 1. The minimum Gasteiger partial charge on any atom is -0.237 e.